The van der Waals surface area contributed by atoms with Crippen LogP contribution in [0.1, 0.15) is 15.9 Å². The second kappa shape index (κ2) is 6.11. The van der Waals surface area contributed by atoms with E-state index in [4.69, 9.17) is 4.74 Å². The van der Waals surface area contributed by atoms with E-state index in [0.29, 0.717) is 5.56 Å². The lowest BCUT2D eigenvalue weighted by atomic mass is 10.1. The van der Waals surface area contributed by atoms with Crippen LogP contribution in [0.4, 0.5) is 0 Å². The molecule has 1 aliphatic rings. The molecule has 1 aromatic rings. The molecule has 0 amide bonds. The maximum atomic E-state index is 11.3. The van der Waals surface area contributed by atoms with Crippen LogP contribution < -0.4 is 4.74 Å². The summed E-state index contributed by atoms with van der Waals surface area (Å²) in [5, 5.41) is 0. The van der Waals surface area contributed by atoms with Gasteiger partial charge in [-0.3, -0.25) is 13.9 Å². The average molecular weight is 267 g/mol. The fraction of sp³-hybridized carbons (Fsp3) is 0.462. The minimum atomic E-state index is -0.661. The number of carbonyl (C=O) groups excluding carboxylic acids is 1. The van der Waals surface area contributed by atoms with E-state index < -0.39 is 10.8 Å². The van der Waals surface area contributed by atoms with Crippen LogP contribution in [0.25, 0.3) is 0 Å². The van der Waals surface area contributed by atoms with Crippen molar-refractivity contribution in [1.29, 1.82) is 0 Å². The zero-order valence-corrected chi connectivity index (χ0v) is 11.2. The second-order valence-corrected chi connectivity index (χ2v) is 6.01. The monoisotopic (exact) mass is 267 g/mol. The first-order valence-corrected chi connectivity index (χ1v) is 7.41. The number of methoxy groups -OCH3 is 1. The Kier molecular flexibility index (Phi) is 4.49. The molecule has 0 N–H and O–H groups in total. The molecule has 1 heterocycles. The molecule has 0 atom stereocenters. The van der Waals surface area contributed by atoms with E-state index in [0.717, 1.165) is 48.7 Å². The Bertz CT molecular complexity index is 452. The fourth-order valence-corrected chi connectivity index (χ4v) is 3.20. The molecule has 18 heavy (non-hydrogen) atoms. The molecule has 0 aromatic heterocycles. The Labute approximate surface area is 109 Å². The lowest BCUT2D eigenvalue weighted by Gasteiger charge is -2.26. The first-order valence-electron chi connectivity index (χ1n) is 5.92. The molecule has 1 aliphatic heterocycles. The molecule has 5 heteroatoms. The van der Waals surface area contributed by atoms with Gasteiger partial charge in [-0.2, -0.15) is 0 Å². The molecule has 0 bridgehead atoms. The van der Waals surface area contributed by atoms with Gasteiger partial charge in [0, 0.05) is 53.1 Å². The van der Waals surface area contributed by atoms with Gasteiger partial charge in [-0.1, -0.05) is 0 Å². The van der Waals surface area contributed by atoms with Crippen LogP contribution in [-0.2, 0) is 17.3 Å². The third kappa shape index (κ3) is 3.17. The topological polar surface area (TPSA) is 46.6 Å². The summed E-state index contributed by atoms with van der Waals surface area (Å²) in [5.74, 6) is 2.26. The zero-order valence-electron chi connectivity index (χ0n) is 10.4. The van der Waals surface area contributed by atoms with Crippen LogP contribution in [0.2, 0.25) is 0 Å². The van der Waals surface area contributed by atoms with E-state index in [-0.39, 0.29) is 0 Å². The van der Waals surface area contributed by atoms with Crippen molar-refractivity contribution >= 4 is 17.1 Å². The molecule has 1 aromatic carbocycles. The van der Waals surface area contributed by atoms with E-state index in [1.807, 2.05) is 12.1 Å². The van der Waals surface area contributed by atoms with Crippen molar-refractivity contribution in [2.75, 3.05) is 31.7 Å². The van der Waals surface area contributed by atoms with E-state index in [1.54, 1.807) is 13.2 Å². The molecule has 0 unspecified atom stereocenters. The normalized spacial score (nSPS) is 17.6. The van der Waals surface area contributed by atoms with Crippen molar-refractivity contribution in [3.05, 3.63) is 29.3 Å². The van der Waals surface area contributed by atoms with Gasteiger partial charge in [0.05, 0.1) is 7.11 Å². The number of aldehydes is 1. The van der Waals surface area contributed by atoms with Gasteiger partial charge < -0.3 is 4.74 Å². The Morgan fingerprint density at radius 3 is 2.72 bits per heavy atom. The standard InChI is InChI=1S/C13H17NO3S/c1-17-13-3-2-11(10-15)8-12(13)9-14-4-6-18(16)7-5-14/h2-3,8,10H,4-7,9H2,1H3. The molecule has 98 valence electrons. The number of hydrogen-bond acceptors (Lipinski definition) is 4. The number of nitrogens with zero attached hydrogens (tertiary/aromatic N) is 1. The zero-order chi connectivity index (χ0) is 13.0. The van der Waals surface area contributed by atoms with E-state index in [2.05, 4.69) is 4.90 Å². The second-order valence-electron chi connectivity index (χ2n) is 4.31. The van der Waals surface area contributed by atoms with Gasteiger partial charge in [0.1, 0.15) is 12.0 Å². The molecule has 1 fully saturated rings. The average Bonchev–Trinajstić information content (AvgIpc) is 2.41. The van der Waals surface area contributed by atoms with Gasteiger partial charge in [-0.25, -0.2) is 0 Å². The maximum Gasteiger partial charge on any atom is 0.150 e. The number of ether oxygens (including phenoxy) is 1. The molecular formula is C13H17NO3S. The highest BCUT2D eigenvalue weighted by molar-refractivity contribution is 7.85. The summed E-state index contributed by atoms with van der Waals surface area (Å²) in [6.45, 7) is 2.41. The minimum Gasteiger partial charge on any atom is -0.496 e. The van der Waals surface area contributed by atoms with Crippen molar-refractivity contribution in [2.45, 2.75) is 6.54 Å². The SMILES string of the molecule is COc1ccc(C=O)cc1CN1CCS(=O)CC1. The molecule has 0 aliphatic carbocycles. The van der Waals surface area contributed by atoms with Crippen LogP contribution in [0, 0.1) is 0 Å². The Balaban J connectivity index is 2.11. The highest BCUT2D eigenvalue weighted by atomic mass is 32.2. The number of hydrogen-bond donors (Lipinski definition) is 0. The van der Waals surface area contributed by atoms with Gasteiger partial charge in [-0.05, 0) is 18.2 Å². The Morgan fingerprint density at radius 1 is 1.39 bits per heavy atom. The smallest absolute Gasteiger partial charge is 0.150 e. The molecule has 0 radical (unpaired) electrons. The van der Waals surface area contributed by atoms with Crippen molar-refractivity contribution in [3.63, 3.8) is 0 Å². The van der Waals surface area contributed by atoms with Crippen LogP contribution >= 0.6 is 0 Å². The Morgan fingerprint density at radius 2 is 2.11 bits per heavy atom. The van der Waals surface area contributed by atoms with Crippen molar-refractivity contribution < 1.29 is 13.7 Å². The van der Waals surface area contributed by atoms with Gasteiger partial charge >= 0.3 is 0 Å². The molecule has 2 rings (SSSR count). The van der Waals surface area contributed by atoms with Crippen LogP contribution in [0.15, 0.2) is 18.2 Å². The van der Waals surface area contributed by atoms with Crippen LogP contribution in [-0.4, -0.2) is 47.1 Å². The molecular weight excluding hydrogens is 250 g/mol. The predicted octanol–water partition coefficient (Wildman–Crippen LogP) is 1.07. The summed E-state index contributed by atoms with van der Waals surface area (Å²) in [5.41, 5.74) is 1.67. The van der Waals surface area contributed by atoms with E-state index in [9.17, 15) is 9.00 Å². The summed E-state index contributed by atoms with van der Waals surface area (Å²) in [4.78, 5) is 13.0. The molecule has 0 saturated carbocycles. The predicted molar refractivity (Wildman–Crippen MR) is 71.5 cm³/mol. The third-order valence-electron chi connectivity index (χ3n) is 3.10. The summed E-state index contributed by atoms with van der Waals surface area (Å²) in [6, 6.07) is 5.43. The lowest BCUT2D eigenvalue weighted by molar-refractivity contribution is 0.112. The van der Waals surface area contributed by atoms with Gasteiger partial charge in [0.25, 0.3) is 0 Å². The number of carbonyl (C=O) groups is 1. The van der Waals surface area contributed by atoms with Gasteiger partial charge in [-0.15, -0.1) is 0 Å². The Hall–Kier alpha value is -1.20. The maximum absolute atomic E-state index is 11.3. The first-order chi connectivity index (χ1) is 8.72. The summed E-state index contributed by atoms with van der Waals surface area (Å²) >= 11 is 0. The molecule has 1 saturated heterocycles. The highest BCUT2D eigenvalue weighted by Gasteiger charge is 2.16. The van der Waals surface area contributed by atoms with Crippen LogP contribution in [0.5, 0.6) is 5.75 Å². The fourth-order valence-electron chi connectivity index (χ4n) is 2.07. The number of benzene rings is 1. The minimum absolute atomic E-state index is 0.659. The number of rotatable bonds is 4. The lowest BCUT2D eigenvalue weighted by Crippen LogP contribution is -2.37. The highest BCUT2D eigenvalue weighted by Crippen LogP contribution is 2.21. The van der Waals surface area contributed by atoms with E-state index >= 15 is 0 Å². The van der Waals surface area contributed by atoms with E-state index in [1.165, 1.54) is 0 Å². The summed E-state index contributed by atoms with van der Waals surface area (Å²) in [6.07, 6.45) is 0.841. The van der Waals surface area contributed by atoms with Gasteiger partial charge in [0.2, 0.25) is 0 Å². The van der Waals surface area contributed by atoms with Crippen molar-refractivity contribution in [2.24, 2.45) is 0 Å². The molecule has 0 spiro atoms. The van der Waals surface area contributed by atoms with Crippen molar-refractivity contribution in [1.82, 2.24) is 4.90 Å². The van der Waals surface area contributed by atoms with Crippen molar-refractivity contribution in [3.8, 4) is 5.75 Å². The summed E-state index contributed by atoms with van der Waals surface area (Å²) < 4.78 is 16.6. The van der Waals surface area contributed by atoms with Crippen LogP contribution in [0.3, 0.4) is 0 Å². The third-order valence-corrected chi connectivity index (χ3v) is 4.38. The first kappa shape index (κ1) is 13.2. The largest absolute Gasteiger partial charge is 0.496 e. The summed E-state index contributed by atoms with van der Waals surface area (Å²) in [7, 11) is 0.969. The molecule has 4 nitrogen and oxygen atoms in total. The van der Waals surface area contributed by atoms with Gasteiger partial charge in [0.15, 0.2) is 0 Å². The quantitative estimate of drug-likeness (QED) is 0.766.